The predicted molar refractivity (Wildman–Crippen MR) is 102 cm³/mol. The fraction of sp³-hybridized carbons (Fsp3) is 0.500. The zero-order valence-electron chi connectivity index (χ0n) is 16.1. The highest BCUT2D eigenvalue weighted by atomic mass is 16.2. The van der Waals surface area contributed by atoms with Gasteiger partial charge in [0.25, 0.3) is 0 Å². The average Bonchev–Trinajstić information content (AvgIpc) is 2.79. The van der Waals surface area contributed by atoms with Gasteiger partial charge in [-0.2, -0.15) is 0 Å². The minimum Gasteiger partial charge on any atom is -0.321 e. The average molecular weight is 353 g/mol. The molecule has 3 aliphatic rings. The molecule has 0 N–H and O–H groups in total. The first-order chi connectivity index (χ1) is 12.3. The van der Waals surface area contributed by atoms with Crippen molar-refractivity contribution in [3.63, 3.8) is 0 Å². The molecule has 6 heteroatoms. The Morgan fingerprint density at radius 2 is 1.81 bits per heavy atom. The van der Waals surface area contributed by atoms with Gasteiger partial charge in [-0.3, -0.25) is 14.6 Å². The Morgan fingerprint density at radius 1 is 1.12 bits per heavy atom. The lowest BCUT2D eigenvalue weighted by Crippen LogP contribution is -2.73. The van der Waals surface area contributed by atoms with Crippen LogP contribution < -0.4 is 0 Å². The Bertz CT molecular complexity index is 774. The highest BCUT2D eigenvalue weighted by Gasteiger charge is 2.67. The van der Waals surface area contributed by atoms with Gasteiger partial charge < -0.3 is 9.80 Å². The number of allylic oxidation sites excluding steroid dienone is 1. The lowest BCUT2D eigenvalue weighted by molar-refractivity contribution is -0.163. The van der Waals surface area contributed by atoms with Crippen LogP contribution in [0.2, 0.25) is 0 Å². The first-order valence-electron chi connectivity index (χ1n) is 9.09. The van der Waals surface area contributed by atoms with Gasteiger partial charge in [-0.15, -0.1) is 0 Å². The fourth-order valence-corrected chi connectivity index (χ4v) is 4.80. The normalized spacial score (nSPS) is 33.5. The number of likely N-dealkylation sites (N-methyl/N-ethyl adjacent to an activating group) is 2. The highest BCUT2D eigenvalue weighted by Crippen LogP contribution is 2.48. The molecule has 0 spiro atoms. The summed E-state index contributed by atoms with van der Waals surface area (Å²) < 4.78 is 0. The van der Waals surface area contributed by atoms with Gasteiger partial charge >= 0.3 is 0 Å². The molecule has 0 aliphatic carbocycles. The largest absolute Gasteiger partial charge is 0.321 e. The molecule has 3 aliphatic heterocycles. The van der Waals surface area contributed by atoms with E-state index in [-0.39, 0.29) is 24.0 Å². The number of nitrogens with zero attached hydrogens (tertiary/aromatic N) is 5. The molecule has 1 aromatic carbocycles. The zero-order valence-corrected chi connectivity index (χ0v) is 16.1. The van der Waals surface area contributed by atoms with Gasteiger partial charge in [0.1, 0.15) is 11.7 Å². The molecule has 138 valence electrons. The molecule has 0 saturated carbocycles. The third-order valence-electron chi connectivity index (χ3n) is 6.35. The lowest BCUT2D eigenvalue weighted by Gasteiger charge is -2.53. The van der Waals surface area contributed by atoms with Gasteiger partial charge in [-0.05, 0) is 39.5 Å². The molecule has 6 nitrogen and oxygen atoms in total. The molecule has 3 atom stereocenters. The Hall–Kier alpha value is -2.18. The summed E-state index contributed by atoms with van der Waals surface area (Å²) in [6.07, 6.45) is 5.42. The van der Waals surface area contributed by atoms with Crippen LogP contribution in [0.15, 0.2) is 47.6 Å². The Labute approximate surface area is 155 Å². The van der Waals surface area contributed by atoms with Crippen molar-refractivity contribution in [2.24, 2.45) is 4.99 Å². The summed E-state index contributed by atoms with van der Waals surface area (Å²) in [6, 6.07) is 10.4. The predicted octanol–water partition coefficient (Wildman–Crippen LogP) is 1.91. The first kappa shape index (κ1) is 17.2. The van der Waals surface area contributed by atoms with Gasteiger partial charge in [0.05, 0.1) is 5.66 Å². The van der Waals surface area contributed by atoms with E-state index in [1.807, 2.05) is 19.2 Å². The zero-order chi connectivity index (χ0) is 18.7. The Balaban J connectivity index is 1.82. The summed E-state index contributed by atoms with van der Waals surface area (Å²) in [5, 5.41) is 0. The maximum Gasteiger partial charge on any atom is 0.249 e. The first-order valence-corrected chi connectivity index (χ1v) is 9.09. The number of carbonyl (C=O) groups is 1. The number of amides is 1. The van der Waals surface area contributed by atoms with Crippen molar-refractivity contribution in [2.45, 2.75) is 51.0 Å². The number of fused-ring (bicyclic) bond motifs is 3. The summed E-state index contributed by atoms with van der Waals surface area (Å²) in [5.74, 6) is 0.115. The van der Waals surface area contributed by atoms with Crippen LogP contribution in [0.5, 0.6) is 0 Å². The standard InChI is InChI=1S/C20H27N5O/c1-19(2)23(5)16-20(3,25(19)14-15-10-7-6-8-11-15)17(26)22(4)18-21-12-9-13-24(16)18/h6-13,16,18H,14H2,1-5H3/t16?,18-,20-/m1/s1. The number of carbonyl (C=O) groups excluding carboxylic acids is 1. The molecule has 0 radical (unpaired) electrons. The second kappa shape index (κ2) is 5.66. The number of aliphatic imine (C=N–C) groups is 1. The van der Waals surface area contributed by atoms with E-state index in [1.165, 1.54) is 5.56 Å². The van der Waals surface area contributed by atoms with Crippen molar-refractivity contribution < 1.29 is 4.79 Å². The van der Waals surface area contributed by atoms with Crippen molar-refractivity contribution in [3.05, 3.63) is 48.2 Å². The van der Waals surface area contributed by atoms with Crippen LogP contribution in [0.1, 0.15) is 26.3 Å². The van der Waals surface area contributed by atoms with Crippen molar-refractivity contribution in [2.75, 3.05) is 14.1 Å². The van der Waals surface area contributed by atoms with Crippen LogP contribution in [0.4, 0.5) is 0 Å². The highest BCUT2D eigenvalue weighted by molar-refractivity contribution is 5.89. The van der Waals surface area contributed by atoms with E-state index in [4.69, 9.17) is 0 Å². The van der Waals surface area contributed by atoms with Crippen LogP contribution >= 0.6 is 0 Å². The number of benzene rings is 1. The Kier molecular flexibility index (Phi) is 3.75. The molecule has 1 aromatic rings. The molecule has 2 saturated heterocycles. The minimum absolute atomic E-state index is 0.0800. The third kappa shape index (κ3) is 2.12. The van der Waals surface area contributed by atoms with E-state index in [9.17, 15) is 4.79 Å². The summed E-state index contributed by atoms with van der Waals surface area (Å²) >= 11 is 0. The van der Waals surface area contributed by atoms with Crippen molar-refractivity contribution in [1.29, 1.82) is 0 Å². The van der Waals surface area contributed by atoms with Gasteiger partial charge in [-0.1, -0.05) is 30.3 Å². The maximum absolute atomic E-state index is 13.6. The SMILES string of the molecule is CN1C(=O)[C@@]2(C)C(N3C=CC=N[C@H]13)N(C)C(C)(C)N2Cc1ccccc1. The van der Waals surface area contributed by atoms with Gasteiger partial charge in [0, 0.05) is 26.0 Å². The lowest BCUT2D eigenvalue weighted by atomic mass is 9.90. The summed E-state index contributed by atoms with van der Waals surface area (Å²) in [4.78, 5) is 26.7. The second-order valence-corrected chi connectivity index (χ2v) is 8.05. The minimum atomic E-state index is -0.670. The fourth-order valence-electron chi connectivity index (χ4n) is 4.80. The van der Waals surface area contributed by atoms with Gasteiger partial charge in [0.15, 0.2) is 0 Å². The molecule has 26 heavy (non-hydrogen) atoms. The number of hydrogen-bond acceptors (Lipinski definition) is 5. The summed E-state index contributed by atoms with van der Waals surface area (Å²) in [6.45, 7) is 7.18. The van der Waals surface area contributed by atoms with Crippen molar-refractivity contribution in [3.8, 4) is 0 Å². The van der Waals surface area contributed by atoms with Gasteiger partial charge in [0.2, 0.25) is 12.2 Å². The van der Waals surface area contributed by atoms with Crippen LogP contribution in [0.3, 0.4) is 0 Å². The van der Waals surface area contributed by atoms with Crippen LogP contribution in [0, 0.1) is 0 Å². The monoisotopic (exact) mass is 353 g/mol. The molecular formula is C20H27N5O. The van der Waals surface area contributed by atoms with Crippen LogP contribution in [-0.2, 0) is 11.3 Å². The van der Waals surface area contributed by atoms with Crippen LogP contribution in [-0.4, -0.2) is 69.5 Å². The topological polar surface area (TPSA) is 42.4 Å². The van der Waals surface area contributed by atoms with Crippen LogP contribution in [0.25, 0.3) is 0 Å². The van der Waals surface area contributed by atoms with E-state index >= 15 is 0 Å². The Morgan fingerprint density at radius 3 is 2.50 bits per heavy atom. The smallest absolute Gasteiger partial charge is 0.249 e. The maximum atomic E-state index is 13.6. The molecule has 0 aromatic heterocycles. The van der Waals surface area contributed by atoms with E-state index in [0.29, 0.717) is 0 Å². The summed E-state index contributed by atoms with van der Waals surface area (Å²) in [7, 11) is 3.96. The van der Waals surface area contributed by atoms with E-state index in [2.05, 4.69) is 78.0 Å². The summed E-state index contributed by atoms with van der Waals surface area (Å²) in [5.41, 5.74) is 0.257. The van der Waals surface area contributed by atoms with E-state index in [0.717, 1.165) is 6.54 Å². The molecule has 4 rings (SSSR count). The molecule has 2 fully saturated rings. The van der Waals surface area contributed by atoms with E-state index < -0.39 is 5.54 Å². The molecule has 0 bridgehead atoms. The third-order valence-corrected chi connectivity index (χ3v) is 6.35. The number of rotatable bonds is 2. The van der Waals surface area contributed by atoms with E-state index in [1.54, 1.807) is 11.1 Å². The van der Waals surface area contributed by atoms with Gasteiger partial charge in [-0.25, -0.2) is 4.99 Å². The molecule has 1 amide bonds. The number of hydrogen-bond donors (Lipinski definition) is 0. The molecule has 3 heterocycles. The van der Waals surface area contributed by atoms with Crippen molar-refractivity contribution in [1.82, 2.24) is 19.6 Å². The van der Waals surface area contributed by atoms with Crippen molar-refractivity contribution >= 4 is 12.1 Å². The second-order valence-electron chi connectivity index (χ2n) is 8.05. The quantitative estimate of drug-likeness (QED) is 0.815. The molecule has 1 unspecified atom stereocenters. The molecular weight excluding hydrogens is 326 g/mol.